The van der Waals surface area contributed by atoms with E-state index in [0.717, 1.165) is 11.1 Å². The molecule has 0 aliphatic rings. The SMILES string of the molecule is O=C(CNC(=O)C(c1ccccc1)c1ccccc1)OCC(=O)c1ccc(Cl)cc1. The lowest BCUT2D eigenvalue weighted by atomic mass is 9.90. The van der Waals surface area contributed by atoms with E-state index in [-0.39, 0.29) is 18.2 Å². The maximum Gasteiger partial charge on any atom is 0.325 e. The van der Waals surface area contributed by atoms with Crippen LogP contribution >= 0.6 is 11.6 Å². The highest BCUT2D eigenvalue weighted by atomic mass is 35.5. The molecule has 152 valence electrons. The lowest BCUT2D eigenvalue weighted by molar-refractivity contribution is -0.142. The Balaban J connectivity index is 1.58. The average molecular weight is 422 g/mol. The van der Waals surface area contributed by atoms with Gasteiger partial charge in [-0.15, -0.1) is 0 Å². The topological polar surface area (TPSA) is 72.5 Å². The fourth-order valence-corrected chi connectivity index (χ4v) is 3.09. The Morgan fingerprint density at radius 3 is 1.87 bits per heavy atom. The second kappa shape index (κ2) is 10.4. The van der Waals surface area contributed by atoms with Crippen molar-refractivity contribution < 1.29 is 19.1 Å². The van der Waals surface area contributed by atoms with Gasteiger partial charge in [-0.1, -0.05) is 72.3 Å². The smallest absolute Gasteiger partial charge is 0.325 e. The zero-order valence-electron chi connectivity index (χ0n) is 16.1. The van der Waals surface area contributed by atoms with E-state index >= 15 is 0 Å². The number of nitrogens with one attached hydrogen (secondary N) is 1. The molecule has 0 spiro atoms. The van der Waals surface area contributed by atoms with Gasteiger partial charge in [0.15, 0.2) is 12.4 Å². The van der Waals surface area contributed by atoms with E-state index in [1.54, 1.807) is 24.3 Å². The highest BCUT2D eigenvalue weighted by molar-refractivity contribution is 6.30. The Morgan fingerprint density at radius 1 is 0.800 bits per heavy atom. The second-order valence-corrected chi connectivity index (χ2v) is 7.00. The Hall–Kier alpha value is -3.44. The van der Waals surface area contributed by atoms with Gasteiger partial charge in [0.2, 0.25) is 5.91 Å². The summed E-state index contributed by atoms with van der Waals surface area (Å²) in [6, 6.07) is 24.9. The maximum atomic E-state index is 12.8. The Kier molecular flexibility index (Phi) is 7.35. The normalized spacial score (nSPS) is 10.5. The number of hydrogen-bond donors (Lipinski definition) is 1. The minimum atomic E-state index is -0.689. The number of carbonyl (C=O) groups is 3. The fraction of sp³-hybridized carbons (Fsp3) is 0.125. The highest BCUT2D eigenvalue weighted by Crippen LogP contribution is 2.24. The number of esters is 1. The molecule has 0 aliphatic heterocycles. The van der Waals surface area contributed by atoms with Gasteiger partial charge < -0.3 is 10.1 Å². The second-order valence-electron chi connectivity index (χ2n) is 6.56. The molecule has 6 heteroatoms. The monoisotopic (exact) mass is 421 g/mol. The van der Waals surface area contributed by atoms with E-state index in [0.29, 0.717) is 10.6 Å². The van der Waals surface area contributed by atoms with Crippen LogP contribution in [-0.4, -0.2) is 30.8 Å². The molecule has 1 N–H and O–H groups in total. The van der Waals surface area contributed by atoms with Gasteiger partial charge in [0.05, 0.1) is 5.92 Å². The van der Waals surface area contributed by atoms with E-state index in [1.165, 1.54) is 0 Å². The molecular formula is C24H20ClNO4. The molecule has 0 aliphatic carbocycles. The predicted molar refractivity (Wildman–Crippen MR) is 114 cm³/mol. The number of hydrogen-bond acceptors (Lipinski definition) is 4. The van der Waals surface area contributed by atoms with Crippen molar-refractivity contribution >= 4 is 29.3 Å². The average Bonchev–Trinajstić information content (AvgIpc) is 2.78. The van der Waals surface area contributed by atoms with Crippen molar-refractivity contribution in [1.29, 1.82) is 0 Å². The Morgan fingerprint density at radius 2 is 1.33 bits per heavy atom. The van der Waals surface area contributed by atoms with Crippen LogP contribution in [0.15, 0.2) is 84.9 Å². The van der Waals surface area contributed by atoms with Crippen LogP contribution < -0.4 is 5.32 Å². The molecule has 0 radical (unpaired) electrons. The van der Waals surface area contributed by atoms with Crippen LogP contribution in [0.3, 0.4) is 0 Å². The van der Waals surface area contributed by atoms with Gasteiger partial charge in [0.1, 0.15) is 6.54 Å². The number of amides is 1. The molecule has 0 bridgehead atoms. The number of halogens is 1. The van der Waals surface area contributed by atoms with Crippen LogP contribution in [0.25, 0.3) is 0 Å². The summed E-state index contributed by atoms with van der Waals surface area (Å²) in [5.41, 5.74) is 2.02. The molecule has 3 aromatic carbocycles. The maximum absolute atomic E-state index is 12.8. The third kappa shape index (κ3) is 5.78. The van der Waals surface area contributed by atoms with Crippen LogP contribution in [0.4, 0.5) is 0 Å². The number of rotatable bonds is 8. The van der Waals surface area contributed by atoms with Gasteiger partial charge in [-0.3, -0.25) is 14.4 Å². The van der Waals surface area contributed by atoms with E-state index in [2.05, 4.69) is 5.32 Å². The van der Waals surface area contributed by atoms with Crippen LogP contribution in [-0.2, 0) is 14.3 Å². The van der Waals surface area contributed by atoms with Crippen molar-refractivity contribution in [1.82, 2.24) is 5.32 Å². The van der Waals surface area contributed by atoms with Crippen LogP contribution in [0.1, 0.15) is 27.4 Å². The fourth-order valence-electron chi connectivity index (χ4n) is 2.96. The summed E-state index contributed by atoms with van der Waals surface area (Å²) in [5.74, 6) is -1.92. The number of benzene rings is 3. The third-order valence-corrected chi connectivity index (χ3v) is 4.72. The third-order valence-electron chi connectivity index (χ3n) is 4.47. The van der Waals surface area contributed by atoms with Crippen molar-refractivity contribution in [2.24, 2.45) is 0 Å². The molecule has 0 aromatic heterocycles. The summed E-state index contributed by atoms with van der Waals surface area (Å²) >= 11 is 5.79. The first kappa shape index (κ1) is 21.3. The molecular weight excluding hydrogens is 402 g/mol. The van der Waals surface area contributed by atoms with Gasteiger partial charge in [-0.2, -0.15) is 0 Å². The van der Waals surface area contributed by atoms with Crippen molar-refractivity contribution in [2.75, 3.05) is 13.2 Å². The molecule has 0 fully saturated rings. The van der Waals surface area contributed by atoms with Crippen LogP contribution in [0.5, 0.6) is 0 Å². The molecule has 5 nitrogen and oxygen atoms in total. The zero-order valence-corrected chi connectivity index (χ0v) is 16.8. The minimum Gasteiger partial charge on any atom is -0.456 e. The molecule has 3 rings (SSSR count). The van der Waals surface area contributed by atoms with Gasteiger partial charge in [-0.25, -0.2) is 0 Å². The lowest BCUT2D eigenvalue weighted by Gasteiger charge is -2.17. The molecule has 30 heavy (non-hydrogen) atoms. The van der Waals surface area contributed by atoms with Crippen LogP contribution in [0.2, 0.25) is 5.02 Å². The molecule has 0 saturated heterocycles. The first-order valence-electron chi connectivity index (χ1n) is 9.36. The highest BCUT2D eigenvalue weighted by Gasteiger charge is 2.23. The van der Waals surface area contributed by atoms with E-state index in [9.17, 15) is 14.4 Å². The molecule has 0 heterocycles. The van der Waals surface area contributed by atoms with Crippen LogP contribution in [0, 0.1) is 0 Å². The van der Waals surface area contributed by atoms with Gasteiger partial charge in [0, 0.05) is 10.6 Å². The summed E-state index contributed by atoms with van der Waals surface area (Å²) in [6.45, 7) is -0.736. The van der Waals surface area contributed by atoms with Crippen molar-refractivity contribution in [3.63, 3.8) is 0 Å². The van der Waals surface area contributed by atoms with Gasteiger partial charge in [0.25, 0.3) is 0 Å². The van der Waals surface area contributed by atoms with E-state index < -0.39 is 18.5 Å². The first-order valence-corrected chi connectivity index (χ1v) is 9.74. The summed E-state index contributed by atoms with van der Waals surface area (Å²) in [6.07, 6.45) is 0. The van der Waals surface area contributed by atoms with Crippen molar-refractivity contribution in [2.45, 2.75) is 5.92 Å². The number of Topliss-reactive ketones (excluding diaryl/α,β-unsaturated/α-hetero) is 1. The van der Waals surface area contributed by atoms with Gasteiger partial charge >= 0.3 is 5.97 Å². The Labute approximate surface area is 179 Å². The van der Waals surface area contributed by atoms with E-state index in [1.807, 2.05) is 60.7 Å². The standard InChI is InChI=1S/C24H20ClNO4/c25-20-13-11-17(12-14-20)21(27)16-30-22(28)15-26-24(29)23(18-7-3-1-4-8-18)19-9-5-2-6-10-19/h1-14,23H,15-16H2,(H,26,29). The van der Waals surface area contributed by atoms with Gasteiger partial charge in [-0.05, 0) is 35.4 Å². The Bertz CT molecular complexity index is 965. The molecule has 1 amide bonds. The lowest BCUT2D eigenvalue weighted by Crippen LogP contribution is -2.35. The minimum absolute atomic E-state index is 0.326. The van der Waals surface area contributed by atoms with E-state index in [4.69, 9.17) is 16.3 Å². The molecule has 0 saturated carbocycles. The number of carbonyl (C=O) groups excluding carboxylic acids is 3. The first-order chi connectivity index (χ1) is 14.5. The summed E-state index contributed by atoms with van der Waals surface area (Å²) in [7, 11) is 0. The summed E-state index contributed by atoms with van der Waals surface area (Å²) in [5, 5.41) is 3.12. The predicted octanol–water partition coefficient (Wildman–Crippen LogP) is 4.01. The molecule has 0 unspecified atom stereocenters. The van der Waals surface area contributed by atoms with Crippen molar-refractivity contribution in [3.05, 3.63) is 107 Å². The summed E-state index contributed by atoms with van der Waals surface area (Å²) < 4.78 is 4.99. The summed E-state index contributed by atoms with van der Waals surface area (Å²) in [4.78, 5) is 36.9. The molecule has 3 aromatic rings. The molecule has 0 atom stereocenters. The number of ether oxygens (including phenoxy) is 1. The van der Waals surface area contributed by atoms with Crippen molar-refractivity contribution in [3.8, 4) is 0 Å². The quantitative estimate of drug-likeness (QED) is 0.440. The largest absolute Gasteiger partial charge is 0.456 e. The zero-order chi connectivity index (χ0) is 21.3. The number of ketones is 1.